The number of halogens is 3. The van der Waals surface area contributed by atoms with Crippen LogP contribution >= 0.6 is 0 Å². The number of primary amides is 1. The first kappa shape index (κ1) is 17.1. The number of aliphatic carboxylic acids is 1. The van der Waals surface area contributed by atoms with Gasteiger partial charge in [-0.2, -0.15) is 13.2 Å². The van der Waals surface area contributed by atoms with Gasteiger partial charge in [-0.1, -0.05) is 0 Å². The molecule has 120 valence electrons. The summed E-state index contributed by atoms with van der Waals surface area (Å²) < 4.78 is 38.4. The van der Waals surface area contributed by atoms with Crippen molar-refractivity contribution >= 4 is 17.9 Å². The highest BCUT2D eigenvalue weighted by Crippen LogP contribution is 2.30. The first-order valence-corrected chi connectivity index (χ1v) is 6.15. The van der Waals surface area contributed by atoms with Gasteiger partial charge in [0.25, 0.3) is 0 Å². The van der Waals surface area contributed by atoms with Gasteiger partial charge in [0.1, 0.15) is 0 Å². The second kappa shape index (κ2) is 5.78. The van der Waals surface area contributed by atoms with Crippen LogP contribution in [0.2, 0.25) is 0 Å². The van der Waals surface area contributed by atoms with Crippen LogP contribution in [-0.2, 0) is 9.59 Å². The number of piperidine rings is 1. The molecular formula is C11H16F3N3O4. The van der Waals surface area contributed by atoms with Crippen LogP contribution in [0.3, 0.4) is 0 Å². The van der Waals surface area contributed by atoms with E-state index >= 15 is 0 Å². The molecule has 1 rings (SSSR count). The van der Waals surface area contributed by atoms with Crippen LogP contribution in [-0.4, -0.2) is 52.7 Å². The predicted molar refractivity (Wildman–Crippen MR) is 64.1 cm³/mol. The van der Waals surface area contributed by atoms with Crippen LogP contribution in [0.15, 0.2) is 0 Å². The lowest BCUT2D eigenvalue weighted by atomic mass is 9.97. The fourth-order valence-electron chi connectivity index (χ4n) is 1.93. The van der Waals surface area contributed by atoms with E-state index in [1.807, 2.05) is 0 Å². The Labute approximate surface area is 118 Å². The number of nitrogens with one attached hydrogen (secondary N) is 1. The summed E-state index contributed by atoms with van der Waals surface area (Å²) in [5.74, 6) is -3.51. The van der Waals surface area contributed by atoms with Gasteiger partial charge in [-0.15, -0.1) is 0 Å². The molecule has 1 aliphatic heterocycles. The van der Waals surface area contributed by atoms with Crippen molar-refractivity contribution in [2.45, 2.75) is 31.5 Å². The fourth-order valence-corrected chi connectivity index (χ4v) is 1.93. The maximum atomic E-state index is 12.8. The second-order valence-corrected chi connectivity index (χ2v) is 5.05. The van der Waals surface area contributed by atoms with E-state index in [9.17, 15) is 27.6 Å². The predicted octanol–water partition coefficient (Wildman–Crippen LogP) is 0.299. The molecule has 0 aromatic heterocycles. The number of nitrogens with two attached hydrogens (primary N) is 1. The zero-order valence-electron chi connectivity index (χ0n) is 11.2. The lowest BCUT2D eigenvalue weighted by Gasteiger charge is -2.35. The van der Waals surface area contributed by atoms with Gasteiger partial charge in [0.05, 0.1) is 5.92 Å². The molecule has 10 heteroatoms. The molecule has 0 spiro atoms. The lowest BCUT2D eigenvalue weighted by molar-refractivity contribution is -0.203. The highest BCUT2D eigenvalue weighted by atomic mass is 19.4. The van der Waals surface area contributed by atoms with E-state index in [0.29, 0.717) is 19.8 Å². The standard InChI is InChI=1S/C11H16F3N3O4/c1-10(8(19)20,11(12,13)14)16-9(21)17-4-2-3-6(5-17)7(15)18/h6H,2-5H2,1H3,(H2,15,18)(H,16,21)(H,19,20). The number of likely N-dealkylation sites (tertiary alicyclic amines) is 1. The molecule has 0 aliphatic carbocycles. The highest BCUT2D eigenvalue weighted by Gasteiger charge is 2.59. The number of carboxylic acid groups (broad SMARTS) is 1. The van der Waals surface area contributed by atoms with Crippen LogP contribution in [0.25, 0.3) is 0 Å². The van der Waals surface area contributed by atoms with E-state index in [1.165, 1.54) is 5.32 Å². The molecule has 0 aromatic carbocycles. The van der Waals surface area contributed by atoms with Gasteiger partial charge in [-0.3, -0.25) is 4.79 Å². The Bertz CT molecular complexity index is 454. The Hall–Kier alpha value is -2.00. The lowest BCUT2D eigenvalue weighted by Crippen LogP contribution is -2.64. The molecule has 1 fully saturated rings. The fraction of sp³-hybridized carbons (Fsp3) is 0.727. The van der Waals surface area contributed by atoms with Crippen LogP contribution in [0.4, 0.5) is 18.0 Å². The molecule has 0 aromatic rings. The number of carbonyl (C=O) groups is 3. The number of rotatable bonds is 3. The van der Waals surface area contributed by atoms with Crippen LogP contribution in [0, 0.1) is 5.92 Å². The van der Waals surface area contributed by atoms with E-state index in [4.69, 9.17) is 10.8 Å². The molecule has 21 heavy (non-hydrogen) atoms. The van der Waals surface area contributed by atoms with Crippen LogP contribution in [0.1, 0.15) is 19.8 Å². The summed E-state index contributed by atoms with van der Waals surface area (Å²) in [6, 6.07) is -1.19. The van der Waals surface area contributed by atoms with Crippen molar-refractivity contribution in [1.29, 1.82) is 0 Å². The third-order valence-corrected chi connectivity index (χ3v) is 3.46. The number of alkyl halides is 3. The molecule has 0 radical (unpaired) electrons. The number of carboxylic acids is 1. The number of nitrogens with zero attached hydrogens (tertiary/aromatic N) is 1. The first-order valence-electron chi connectivity index (χ1n) is 6.15. The largest absolute Gasteiger partial charge is 0.479 e. The Morgan fingerprint density at radius 3 is 2.33 bits per heavy atom. The molecule has 3 amide bonds. The van der Waals surface area contributed by atoms with Gasteiger partial charge in [0, 0.05) is 13.1 Å². The van der Waals surface area contributed by atoms with Gasteiger partial charge in [0.2, 0.25) is 11.4 Å². The summed E-state index contributed by atoms with van der Waals surface area (Å²) >= 11 is 0. The van der Waals surface area contributed by atoms with E-state index in [1.54, 1.807) is 0 Å². The summed E-state index contributed by atoms with van der Waals surface area (Å²) in [4.78, 5) is 34.7. The van der Waals surface area contributed by atoms with E-state index < -0.39 is 35.5 Å². The molecule has 2 atom stereocenters. The molecule has 4 N–H and O–H groups in total. The quantitative estimate of drug-likeness (QED) is 0.695. The smallest absolute Gasteiger partial charge is 0.422 e. The molecule has 2 unspecified atom stereocenters. The third kappa shape index (κ3) is 3.56. The zero-order valence-corrected chi connectivity index (χ0v) is 11.2. The molecule has 7 nitrogen and oxygen atoms in total. The van der Waals surface area contributed by atoms with Crippen molar-refractivity contribution in [2.75, 3.05) is 13.1 Å². The van der Waals surface area contributed by atoms with Crippen molar-refractivity contribution in [3.63, 3.8) is 0 Å². The van der Waals surface area contributed by atoms with E-state index in [2.05, 4.69) is 0 Å². The summed E-state index contributed by atoms with van der Waals surface area (Å²) in [6.45, 7) is 0.362. The molecule has 1 aliphatic rings. The van der Waals surface area contributed by atoms with Crippen molar-refractivity contribution < 1.29 is 32.7 Å². The maximum absolute atomic E-state index is 12.8. The van der Waals surface area contributed by atoms with Gasteiger partial charge in [-0.25, -0.2) is 9.59 Å². The van der Waals surface area contributed by atoms with Crippen molar-refractivity contribution in [1.82, 2.24) is 10.2 Å². The SMILES string of the molecule is CC(NC(=O)N1CCCC(C(N)=O)C1)(C(=O)O)C(F)(F)F. The molecule has 1 heterocycles. The van der Waals surface area contributed by atoms with Crippen molar-refractivity contribution in [3.8, 4) is 0 Å². The second-order valence-electron chi connectivity index (χ2n) is 5.05. The Morgan fingerprint density at radius 2 is 1.90 bits per heavy atom. The molecule has 0 saturated carbocycles. The summed E-state index contributed by atoms with van der Waals surface area (Å²) in [5.41, 5.74) is 1.70. The summed E-state index contributed by atoms with van der Waals surface area (Å²) in [7, 11) is 0. The average molecular weight is 311 g/mol. The molecule has 1 saturated heterocycles. The van der Waals surface area contributed by atoms with Gasteiger partial charge < -0.3 is 21.1 Å². The summed E-state index contributed by atoms with van der Waals surface area (Å²) in [5, 5.41) is 10.2. The minimum Gasteiger partial charge on any atom is -0.479 e. The molecule has 0 bridgehead atoms. The van der Waals surface area contributed by atoms with Crippen molar-refractivity contribution in [3.05, 3.63) is 0 Å². The van der Waals surface area contributed by atoms with Gasteiger partial charge in [-0.05, 0) is 19.8 Å². The van der Waals surface area contributed by atoms with Crippen LogP contribution in [0.5, 0.6) is 0 Å². The highest BCUT2D eigenvalue weighted by molar-refractivity contribution is 5.87. The third-order valence-electron chi connectivity index (χ3n) is 3.46. The average Bonchev–Trinajstić information content (AvgIpc) is 2.37. The monoisotopic (exact) mass is 311 g/mol. The summed E-state index contributed by atoms with van der Waals surface area (Å²) in [6.07, 6.45) is -4.32. The van der Waals surface area contributed by atoms with Gasteiger partial charge >= 0.3 is 18.2 Å². The first-order chi connectivity index (χ1) is 9.49. The Kier molecular flexibility index (Phi) is 4.69. The topological polar surface area (TPSA) is 113 Å². The Balaban J connectivity index is 2.84. The maximum Gasteiger partial charge on any atom is 0.422 e. The van der Waals surface area contributed by atoms with Crippen LogP contribution < -0.4 is 11.1 Å². The zero-order chi connectivity index (χ0) is 16.4. The van der Waals surface area contributed by atoms with E-state index in [-0.39, 0.29) is 13.1 Å². The van der Waals surface area contributed by atoms with Gasteiger partial charge in [0.15, 0.2) is 0 Å². The number of urea groups is 1. The van der Waals surface area contributed by atoms with Crippen molar-refractivity contribution in [2.24, 2.45) is 11.7 Å². The Morgan fingerprint density at radius 1 is 1.33 bits per heavy atom. The minimum atomic E-state index is -5.16. The van der Waals surface area contributed by atoms with E-state index in [0.717, 1.165) is 4.90 Å². The number of amides is 3. The minimum absolute atomic E-state index is 0.128. The normalized spacial score (nSPS) is 22.3. The molecular weight excluding hydrogens is 295 g/mol. The number of hydrogen-bond donors (Lipinski definition) is 3. The number of carbonyl (C=O) groups excluding carboxylic acids is 2. The number of hydrogen-bond acceptors (Lipinski definition) is 3.